The van der Waals surface area contributed by atoms with Crippen LogP contribution in [0.15, 0.2) is 24.3 Å². The minimum absolute atomic E-state index is 0.323. The standard InChI is InChI=1S/C14H19F3O2/c1-13(2,3)12(19-4)11(18)9-5-7-10(8-6-9)14(15,16)17/h5-8,11-12,18H,1-4H3. The summed E-state index contributed by atoms with van der Waals surface area (Å²) in [4.78, 5) is 0. The molecular formula is C14H19F3O2. The lowest BCUT2D eigenvalue weighted by Crippen LogP contribution is -2.34. The van der Waals surface area contributed by atoms with E-state index in [0.29, 0.717) is 5.56 Å². The topological polar surface area (TPSA) is 29.5 Å². The predicted molar refractivity (Wildman–Crippen MR) is 66.7 cm³/mol. The van der Waals surface area contributed by atoms with Crippen molar-refractivity contribution in [3.63, 3.8) is 0 Å². The van der Waals surface area contributed by atoms with Crippen LogP contribution >= 0.6 is 0 Å². The van der Waals surface area contributed by atoms with Gasteiger partial charge in [0.2, 0.25) is 0 Å². The highest BCUT2D eigenvalue weighted by Gasteiger charge is 2.33. The highest BCUT2D eigenvalue weighted by molar-refractivity contribution is 5.26. The van der Waals surface area contributed by atoms with Gasteiger partial charge in [0.1, 0.15) is 6.10 Å². The smallest absolute Gasteiger partial charge is 0.386 e. The van der Waals surface area contributed by atoms with Crippen LogP contribution in [0.3, 0.4) is 0 Å². The number of ether oxygens (including phenoxy) is 1. The van der Waals surface area contributed by atoms with E-state index < -0.39 is 23.9 Å². The summed E-state index contributed by atoms with van der Waals surface area (Å²) in [6, 6.07) is 4.50. The normalized spacial score (nSPS) is 16.2. The molecule has 1 aromatic carbocycles. The third-order valence-electron chi connectivity index (χ3n) is 2.97. The number of methoxy groups -OCH3 is 1. The van der Waals surface area contributed by atoms with Crippen molar-refractivity contribution in [2.24, 2.45) is 5.41 Å². The molecule has 0 aromatic heterocycles. The van der Waals surface area contributed by atoms with Crippen molar-refractivity contribution in [1.82, 2.24) is 0 Å². The maximum atomic E-state index is 12.4. The van der Waals surface area contributed by atoms with Crippen LogP contribution in [0.1, 0.15) is 38.0 Å². The van der Waals surface area contributed by atoms with Crippen molar-refractivity contribution in [3.8, 4) is 0 Å². The van der Waals surface area contributed by atoms with Crippen molar-refractivity contribution >= 4 is 0 Å². The van der Waals surface area contributed by atoms with E-state index in [1.807, 2.05) is 20.8 Å². The van der Waals surface area contributed by atoms with E-state index in [1.165, 1.54) is 19.2 Å². The molecule has 0 fully saturated rings. The molecule has 19 heavy (non-hydrogen) atoms. The maximum absolute atomic E-state index is 12.4. The molecule has 0 saturated heterocycles. The maximum Gasteiger partial charge on any atom is 0.416 e. The van der Waals surface area contributed by atoms with Crippen molar-refractivity contribution in [2.75, 3.05) is 7.11 Å². The van der Waals surface area contributed by atoms with Crippen LogP contribution in [-0.2, 0) is 10.9 Å². The van der Waals surface area contributed by atoms with Crippen LogP contribution in [0, 0.1) is 5.41 Å². The first-order valence-corrected chi connectivity index (χ1v) is 5.95. The van der Waals surface area contributed by atoms with Crippen LogP contribution in [0.5, 0.6) is 0 Å². The fourth-order valence-corrected chi connectivity index (χ4v) is 2.00. The van der Waals surface area contributed by atoms with Crippen molar-refractivity contribution in [2.45, 2.75) is 39.2 Å². The summed E-state index contributed by atoms with van der Waals surface area (Å²) in [6.45, 7) is 5.69. The van der Waals surface area contributed by atoms with E-state index in [4.69, 9.17) is 4.74 Å². The van der Waals surface area contributed by atoms with Crippen LogP contribution in [0.2, 0.25) is 0 Å². The van der Waals surface area contributed by atoms with Gasteiger partial charge in [-0.3, -0.25) is 0 Å². The summed E-state index contributed by atoms with van der Waals surface area (Å²) in [5, 5.41) is 10.2. The minimum Gasteiger partial charge on any atom is -0.386 e. The summed E-state index contributed by atoms with van der Waals surface area (Å²) < 4.78 is 42.6. The van der Waals surface area contributed by atoms with E-state index in [1.54, 1.807) is 0 Å². The summed E-state index contributed by atoms with van der Waals surface area (Å²) in [5.41, 5.74) is -0.639. The molecule has 1 N–H and O–H groups in total. The van der Waals surface area contributed by atoms with Crippen LogP contribution in [-0.4, -0.2) is 18.3 Å². The van der Waals surface area contributed by atoms with Crippen molar-refractivity contribution in [3.05, 3.63) is 35.4 Å². The first-order chi connectivity index (χ1) is 8.57. The molecule has 108 valence electrons. The molecule has 5 heteroatoms. The van der Waals surface area contributed by atoms with Gasteiger partial charge < -0.3 is 9.84 Å². The number of hydrogen-bond acceptors (Lipinski definition) is 2. The zero-order valence-electron chi connectivity index (χ0n) is 11.5. The molecule has 2 atom stereocenters. The van der Waals surface area contributed by atoms with E-state index >= 15 is 0 Å². The van der Waals surface area contributed by atoms with E-state index in [9.17, 15) is 18.3 Å². The molecule has 0 heterocycles. The highest BCUT2D eigenvalue weighted by Crippen LogP contribution is 2.34. The van der Waals surface area contributed by atoms with E-state index in [0.717, 1.165) is 12.1 Å². The summed E-state index contributed by atoms with van der Waals surface area (Å²) in [6.07, 6.45) is -5.83. The predicted octanol–water partition coefficient (Wildman–Crippen LogP) is 3.80. The largest absolute Gasteiger partial charge is 0.416 e. The first kappa shape index (κ1) is 16.0. The Morgan fingerprint density at radius 2 is 1.53 bits per heavy atom. The zero-order chi connectivity index (χ0) is 14.8. The average Bonchev–Trinajstić information content (AvgIpc) is 2.27. The Balaban J connectivity index is 2.98. The molecule has 0 radical (unpaired) electrons. The molecular weight excluding hydrogens is 257 g/mol. The van der Waals surface area contributed by atoms with Crippen LogP contribution in [0.25, 0.3) is 0 Å². The van der Waals surface area contributed by atoms with E-state index in [2.05, 4.69) is 0 Å². The molecule has 0 bridgehead atoms. The Kier molecular flexibility index (Phi) is 4.63. The van der Waals surface area contributed by atoms with Crippen LogP contribution in [0.4, 0.5) is 13.2 Å². The lowest BCUT2D eigenvalue weighted by molar-refractivity contribution is -0.137. The Labute approximate surface area is 111 Å². The lowest BCUT2D eigenvalue weighted by Gasteiger charge is -2.33. The minimum atomic E-state index is -4.37. The number of rotatable bonds is 3. The zero-order valence-corrected chi connectivity index (χ0v) is 11.5. The highest BCUT2D eigenvalue weighted by atomic mass is 19.4. The Morgan fingerprint density at radius 3 is 1.84 bits per heavy atom. The second kappa shape index (κ2) is 5.51. The summed E-state index contributed by atoms with van der Waals surface area (Å²) >= 11 is 0. The van der Waals surface area contributed by atoms with Gasteiger partial charge in [0.25, 0.3) is 0 Å². The molecule has 2 nitrogen and oxygen atoms in total. The second-order valence-electron chi connectivity index (χ2n) is 5.59. The Hall–Kier alpha value is -1.07. The van der Waals surface area contributed by atoms with Crippen molar-refractivity contribution in [1.29, 1.82) is 0 Å². The third-order valence-corrected chi connectivity index (χ3v) is 2.97. The molecule has 0 aliphatic rings. The number of aliphatic hydroxyl groups excluding tert-OH is 1. The second-order valence-corrected chi connectivity index (χ2v) is 5.59. The van der Waals surface area contributed by atoms with Gasteiger partial charge >= 0.3 is 6.18 Å². The van der Waals surface area contributed by atoms with Gasteiger partial charge in [-0.2, -0.15) is 13.2 Å². The molecule has 0 spiro atoms. The monoisotopic (exact) mass is 276 g/mol. The van der Waals surface area contributed by atoms with Crippen molar-refractivity contribution < 1.29 is 23.0 Å². The van der Waals surface area contributed by atoms with Gasteiger partial charge in [0.05, 0.1) is 11.7 Å². The summed E-state index contributed by atoms with van der Waals surface area (Å²) in [5.74, 6) is 0. The molecule has 1 rings (SSSR count). The average molecular weight is 276 g/mol. The number of aliphatic hydroxyl groups is 1. The molecule has 0 aliphatic heterocycles. The van der Waals surface area contributed by atoms with Gasteiger partial charge in [-0.25, -0.2) is 0 Å². The number of hydrogen-bond donors (Lipinski definition) is 1. The van der Waals surface area contributed by atoms with Gasteiger partial charge in [0, 0.05) is 7.11 Å². The first-order valence-electron chi connectivity index (χ1n) is 5.95. The molecule has 1 aromatic rings. The van der Waals surface area contributed by atoms with E-state index in [-0.39, 0.29) is 5.41 Å². The summed E-state index contributed by atoms with van der Waals surface area (Å²) in [7, 11) is 1.48. The number of alkyl halides is 3. The van der Waals surface area contributed by atoms with Gasteiger partial charge in [-0.1, -0.05) is 32.9 Å². The fourth-order valence-electron chi connectivity index (χ4n) is 2.00. The molecule has 0 amide bonds. The molecule has 2 unspecified atom stereocenters. The van der Waals surface area contributed by atoms with Gasteiger partial charge in [-0.15, -0.1) is 0 Å². The SMILES string of the molecule is COC(C(O)c1ccc(C(F)(F)F)cc1)C(C)(C)C. The Morgan fingerprint density at radius 1 is 1.05 bits per heavy atom. The quantitative estimate of drug-likeness (QED) is 0.910. The van der Waals surface area contributed by atoms with Gasteiger partial charge in [0.15, 0.2) is 0 Å². The number of benzene rings is 1. The van der Waals surface area contributed by atoms with Crippen LogP contribution < -0.4 is 0 Å². The molecule has 0 saturated carbocycles. The third kappa shape index (κ3) is 3.94. The Bertz CT molecular complexity index is 404. The fraction of sp³-hybridized carbons (Fsp3) is 0.571. The number of halogens is 3. The molecule has 0 aliphatic carbocycles. The lowest BCUT2D eigenvalue weighted by atomic mass is 9.83. The van der Waals surface area contributed by atoms with Gasteiger partial charge in [-0.05, 0) is 23.1 Å².